The number of hydrogen-bond donors (Lipinski definition) is 1. The zero-order valence-corrected chi connectivity index (χ0v) is 13.1. The van der Waals surface area contributed by atoms with Crippen LogP contribution in [0.4, 0.5) is 0 Å². The fourth-order valence-corrected chi connectivity index (χ4v) is 2.82. The molecular weight excluding hydrogens is 272 g/mol. The lowest BCUT2D eigenvalue weighted by Gasteiger charge is -2.37. The fraction of sp³-hybridized carbons (Fsp3) is 0.300. The third-order valence-corrected chi connectivity index (χ3v) is 4.20. The van der Waals surface area contributed by atoms with Gasteiger partial charge in [0.2, 0.25) is 0 Å². The van der Waals surface area contributed by atoms with E-state index in [0.717, 1.165) is 17.5 Å². The fourth-order valence-electron chi connectivity index (χ4n) is 2.82. The highest BCUT2D eigenvalue weighted by Gasteiger charge is 2.40. The molecule has 0 bridgehead atoms. The lowest BCUT2D eigenvalue weighted by molar-refractivity contribution is 0.00186. The van der Waals surface area contributed by atoms with Crippen LogP contribution in [0.3, 0.4) is 0 Å². The maximum Gasteiger partial charge on any atom is 0.172 e. The Bertz CT molecular complexity index is 617. The van der Waals surface area contributed by atoms with Gasteiger partial charge in [0, 0.05) is 5.41 Å². The first-order valence-electron chi connectivity index (χ1n) is 7.69. The Hall–Kier alpha value is -2.06. The maximum atomic E-state index is 11.6. The number of aliphatic hydroxyl groups is 1. The minimum atomic E-state index is -1.24. The van der Waals surface area contributed by atoms with Crippen molar-refractivity contribution >= 4 is 0 Å². The molecule has 1 N–H and O–H groups in total. The predicted octanol–water partition coefficient (Wildman–Crippen LogP) is 4.25. The van der Waals surface area contributed by atoms with Crippen molar-refractivity contribution in [2.24, 2.45) is 5.41 Å². The van der Waals surface area contributed by atoms with E-state index in [1.54, 1.807) is 0 Å². The second-order valence-electron chi connectivity index (χ2n) is 6.67. The van der Waals surface area contributed by atoms with Crippen LogP contribution in [0.1, 0.15) is 31.4 Å². The van der Waals surface area contributed by atoms with Crippen LogP contribution in [0.5, 0.6) is 0 Å². The van der Waals surface area contributed by atoms with Gasteiger partial charge in [-0.25, -0.2) is 0 Å². The summed E-state index contributed by atoms with van der Waals surface area (Å²) >= 11 is 0. The van der Waals surface area contributed by atoms with Crippen molar-refractivity contribution in [1.29, 1.82) is 0 Å². The van der Waals surface area contributed by atoms with E-state index < -0.39 is 5.60 Å². The van der Waals surface area contributed by atoms with Crippen molar-refractivity contribution < 1.29 is 9.84 Å². The van der Waals surface area contributed by atoms with Crippen molar-refractivity contribution in [1.82, 2.24) is 0 Å². The molecule has 0 radical (unpaired) electrons. The van der Waals surface area contributed by atoms with Gasteiger partial charge in [0.05, 0.1) is 6.61 Å². The average Bonchev–Trinajstić information content (AvgIpc) is 2.56. The Morgan fingerprint density at radius 1 is 0.909 bits per heavy atom. The predicted molar refractivity (Wildman–Crippen MR) is 88.3 cm³/mol. The number of rotatable bonds is 3. The molecule has 0 atom stereocenters. The molecule has 2 heteroatoms. The number of benzene rings is 2. The molecule has 2 aromatic rings. The first kappa shape index (κ1) is 14.9. The standard InChI is InChI=1S/C20H22O2/c1-19(2)14-13-18(22-15-19)20(21,16-9-5-3-6-10-16)17-11-7-4-8-12-17/h3-13,21H,14-15H2,1-2H3. The van der Waals surface area contributed by atoms with Crippen LogP contribution in [0.2, 0.25) is 0 Å². The van der Waals surface area contributed by atoms with Crippen LogP contribution < -0.4 is 0 Å². The van der Waals surface area contributed by atoms with Gasteiger partial charge < -0.3 is 9.84 Å². The zero-order chi connectivity index (χ0) is 15.6. The minimum absolute atomic E-state index is 0.109. The SMILES string of the molecule is CC1(C)CC=C(C(O)(c2ccccc2)c2ccccc2)OC1. The van der Waals surface area contributed by atoms with E-state index in [-0.39, 0.29) is 5.41 Å². The highest BCUT2D eigenvalue weighted by molar-refractivity contribution is 5.43. The zero-order valence-electron chi connectivity index (χ0n) is 13.1. The summed E-state index contributed by atoms with van der Waals surface area (Å²) < 4.78 is 5.98. The molecule has 2 nitrogen and oxygen atoms in total. The normalized spacial score (nSPS) is 17.5. The number of allylic oxidation sites excluding steroid dienone is 1. The highest BCUT2D eigenvalue weighted by Crippen LogP contribution is 2.41. The van der Waals surface area contributed by atoms with Gasteiger partial charge in [-0.05, 0) is 23.6 Å². The smallest absolute Gasteiger partial charge is 0.172 e. The molecule has 0 saturated carbocycles. The lowest BCUT2D eigenvalue weighted by atomic mass is 9.80. The van der Waals surface area contributed by atoms with E-state index in [2.05, 4.69) is 13.8 Å². The van der Waals surface area contributed by atoms with Crippen molar-refractivity contribution in [3.05, 3.63) is 83.6 Å². The summed E-state index contributed by atoms with van der Waals surface area (Å²) in [5, 5.41) is 11.6. The molecule has 1 heterocycles. The number of ether oxygens (including phenoxy) is 1. The topological polar surface area (TPSA) is 29.5 Å². The van der Waals surface area contributed by atoms with E-state index >= 15 is 0 Å². The van der Waals surface area contributed by atoms with Gasteiger partial charge in [0.1, 0.15) is 5.76 Å². The Kier molecular flexibility index (Phi) is 3.79. The second kappa shape index (κ2) is 5.62. The molecule has 0 fully saturated rings. The first-order chi connectivity index (χ1) is 10.5. The molecule has 0 spiro atoms. The molecule has 0 unspecified atom stereocenters. The summed E-state index contributed by atoms with van der Waals surface area (Å²) in [6.07, 6.45) is 2.92. The third-order valence-electron chi connectivity index (χ3n) is 4.20. The van der Waals surface area contributed by atoms with Gasteiger partial charge in [-0.15, -0.1) is 0 Å². The summed E-state index contributed by atoms with van der Waals surface area (Å²) in [7, 11) is 0. The molecule has 0 amide bonds. The van der Waals surface area contributed by atoms with Crippen molar-refractivity contribution in [2.75, 3.05) is 6.61 Å². The average molecular weight is 294 g/mol. The van der Waals surface area contributed by atoms with Crippen LogP contribution in [0.15, 0.2) is 72.5 Å². The monoisotopic (exact) mass is 294 g/mol. The van der Waals surface area contributed by atoms with Crippen molar-refractivity contribution in [3.63, 3.8) is 0 Å². The van der Waals surface area contributed by atoms with Gasteiger partial charge in [-0.2, -0.15) is 0 Å². The minimum Gasteiger partial charge on any atom is -0.494 e. The van der Waals surface area contributed by atoms with Crippen LogP contribution in [-0.4, -0.2) is 11.7 Å². The Morgan fingerprint density at radius 2 is 1.41 bits per heavy atom. The van der Waals surface area contributed by atoms with E-state index in [1.165, 1.54) is 0 Å². The van der Waals surface area contributed by atoms with Crippen LogP contribution >= 0.6 is 0 Å². The molecule has 3 rings (SSSR count). The van der Waals surface area contributed by atoms with E-state index in [4.69, 9.17) is 4.74 Å². The van der Waals surface area contributed by atoms with Crippen LogP contribution in [0, 0.1) is 5.41 Å². The molecule has 22 heavy (non-hydrogen) atoms. The molecule has 0 aromatic heterocycles. The lowest BCUT2D eigenvalue weighted by Crippen LogP contribution is -2.35. The molecule has 2 aromatic carbocycles. The summed E-state index contributed by atoms with van der Waals surface area (Å²) in [6, 6.07) is 19.4. The maximum absolute atomic E-state index is 11.6. The van der Waals surface area contributed by atoms with Gasteiger partial charge in [0.15, 0.2) is 5.60 Å². The van der Waals surface area contributed by atoms with E-state index in [1.807, 2.05) is 66.7 Å². The largest absolute Gasteiger partial charge is 0.494 e. The molecule has 1 aliphatic heterocycles. The van der Waals surface area contributed by atoms with Gasteiger partial charge in [-0.3, -0.25) is 0 Å². The van der Waals surface area contributed by atoms with Crippen molar-refractivity contribution in [3.8, 4) is 0 Å². The number of hydrogen-bond acceptors (Lipinski definition) is 2. The van der Waals surface area contributed by atoms with Crippen LogP contribution in [0.25, 0.3) is 0 Å². The molecule has 114 valence electrons. The molecule has 1 aliphatic rings. The van der Waals surface area contributed by atoms with Crippen molar-refractivity contribution in [2.45, 2.75) is 25.9 Å². The van der Waals surface area contributed by atoms with Gasteiger partial charge >= 0.3 is 0 Å². The Morgan fingerprint density at radius 3 is 1.82 bits per heavy atom. The van der Waals surface area contributed by atoms with E-state index in [9.17, 15) is 5.11 Å². The Labute approximate surface area is 132 Å². The molecule has 0 saturated heterocycles. The quantitative estimate of drug-likeness (QED) is 0.917. The molecular formula is C20H22O2. The summed E-state index contributed by atoms with van der Waals surface area (Å²) in [6.45, 7) is 4.95. The summed E-state index contributed by atoms with van der Waals surface area (Å²) in [4.78, 5) is 0. The molecule has 0 aliphatic carbocycles. The van der Waals surface area contributed by atoms with Crippen LogP contribution in [-0.2, 0) is 10.3 Å². The highest BCUT2D eigenvalue weighted by atomic mass is 16.5. The third kappa shape index (κ3) is 2.67. The summed E-state index contributed by atoms with van der Waals surface area (Å²) in [5.41, 5.74) is 0.524. The van der Waals surface area contributed by atoms with Gasteiger partial charge in [0.25, 0.3) is 0 Å². The first-order valence-corrected chi connectivity index (χ1v) is 7.69. The second-order valence-corrected chi connectivity index (χ2v) is 6.67. The van der Waals surface area contributed by atoms with Gasteiger partial charge in [-0.1, -0.05) is 74.5 Å². The van der Waals surface area contributed by atoms with E-state index in [0.29, 0.717) is 12.4 Å². The summed E-state index contributed by atoms with van der Waals surface area (Å²) in [5.74, 6) is 0.629. The Balaban J connectivity index is 2.11.